The van der Waals surface area contributed by atoms with Gasteiger partial charge in [0.2, 0.25) is 5.43 Å². The lowest BCUT2D eigenvalue weighted by molar-refractivity contribution is 0.0929. The maximum absolute atomic E-state index is 13.9. The molecule has 2 aliphatic rings. The number of anilines is 1. The van der Waals surface area contributed by atoms with Crippen LogP contribution >= 0.6 is 0 Å². The van der Waals surface area contributed by atoms with Crippen LogP contribution < -0.4 is 15.6 Å². The first-order valence-corrected chi connectivity index (χ1v) is 10.7. The first kappa shape index (κ1) is 22.6. The van der Waals surface area contributed by atoms with E-state index in [1.54, 1.807) is 0 Å². The third-order valence-corrected chi connectivity index (χ3v) is 6.30. The van der Waals surface area contributed by atoms with E-state index in [-0.39, 0.29) is 12.2 Å². The summed E-state index contributed by atoms with van der Waals surface area (Å²) in [5.74, 6) is -6.69. The minimum absolute atomic E-state index is 0.167. The zero-order valence-electron chi connectivity index (χ0n) is 17.9. The van der Waals surface area contributed by atoms with E-state index >= 15 is 0 Å². The van der Waals surface area contributed by atoms with Crippen molar-refractivity contribution in [1.29, 1.82) is 0 Å². The highest BCUT2D eigenvalue weighted by molar-refractivity contribution is 6.08. The van der Waals surface area contributed by atoms with Crippen LogP contribution in [0.5, 0.6) is 5.75 Å². The summed E-state index contributed by atoms with van der Waals surface area (Å²) in [7, 11) is 0. The fourth-order valence-corrected chi connectivity index (χ4v) is 4.57. The summed E-state index contributed by atoms with van der Waals surface area (Å²) in [5.41, 5.74) is -1.53. The Morgan fingerprint density at radius 3 is 2.49 bits per heavy atom. The van der Waals surface area contributed by atoms with Crippen molar-refractivity contribution in [1.82, 2.24) is 9.88 Å². The largest absolute Gasteiger partial charge is 0.503 e. The number of aromatic nitrogens is 1. The molecule has 2 bridgehead atoms. The molecular weight excluding hydrogens is 470 g/mol. The molecule has 1 atom stereocenters. The predicted molar refractivity (Wildman–Crippen MR) is 115 cm³/mol. The smallest absolute Gasteiger partial charge is 0.279 e. The van der Waals surface area contributed by atoms with E-state index < -0.39 is 70.0 Å². The first-order chi connectivity index (χ1) is 16.7. The summed E-state index contributed by atoms with van der Waals surface area (Å²) in [6.45, 7) is -0.518. The highest BCUT2D eigenvalue weighted by atomic mass is 19.1. The van der Waals surface area contributed by atoms with E-state index in [2.05, 4.69) is 5.32 Å². The summed E-state index contributed by atoms with van der Waals surface area (Å²) in [4.78, 5) is 40.0. The Bertz CT molecular complexity index is 1450. The highest BCUT2D eigenvalue weighted by Crippen LogP contribution is 2.37. The third kappa shape index (κ3) is 3.72. The first-order valence-electron chi connectivity index (χ1n) is 10.7. The van der Waals surface area contributed by atoms with Crippen LogP contribution in [0.25, 0.3) is 0 Å². The molecular formula is C24H17F4N3O4. The van der Waals surface area contributed by atoms with Crippen LogP contribution in [-0.2, 0) is 13.0 Å². The van der Waals surface area contributed by atoms with Crippen molar-refractivity contribution in [3.8, 4) is 5.75 Å². The molecule has 7 nitrogen and oxygen atoms in total. The molecule has 1 aromatic heterocycles. The average molecular weight is 487 g/mol. The van der Waals surface area contributed by atoms with Gasteiger partial charge in [-0.05, 0) is 36.6 Å². The second kappa shape index (κ2) is 8.26. The zero-order valence-corrected chi connectivity index (χ0v) is 17.9. The molecule has 180 valence electrons. The van der Waals surface area contributed by atoms with E-state index in [1.165, 1.54) is 27.7 Å². The minimum atomic E-state index is -1.21. The van der Waals surface area contributed by atoms with Gasteiger partial charge in [-0.1, -0.05) is 0 Å². The van der Waals surface area contributed by atoms with Crippen LogP contribution in [0.4, 0.5) is 23.2 Å². The van der Waals surface area contributed by atoms with Crippen LogP contribution in [0, 0.1) is 23.3 Å². The van der Waals surface area contributed by atoms with E-state index in [0.717, 1.165) is 6.20 Å². The van der Waals surface area contributed by atoms with Crippen molar-refractivity contribution in [2.24, 2.45) is 0 Å². The molecule has 2 amide bonds. The van der Waals surface area contributed by atoms with Crippen molar-refractivity contribution in [3.63, 3.8) is 0 Å². The molecule has 0 aliphatic carbocycles. The summed E-state index contributed by atoms with van der Waals surface area (Å²) < 4.78 is 56.0. The summed E-state index contributed by atoms with van der Waals surface area (Å²) in [6.07, 6.45) is 1.95. The number of pyridine rings is 1. The van der Waals surface area contributed by atoms with Crippen molar-refractivity contribution >= 4 is 17.5 Å². The number of aromatic hydroxyl groups is 1. The second-order valence-electron chi connectivity index (χ2n) is 8.39. The van der Waals surface area contributed by atoms with Crippen LogP contribution in [0.2, 0.25) is 0 Å². The van der Waals surface area contributed by atoms with E-state index in [9.17, 15) is 37.1 Å². The van der Waals surface area contributed by atoms with Crippen molar-refractivity contribution in [2.45, 2.75) is 25.4 Å². The summed E-state index contributed by atoms with van der Waals surface area (Å²) >= 11 is 0. The van der Waals surface area contributed by atoms with Gasteiger partial charge in [-0.2, -0.15) is 0 Å². The van der Waals surface area contributed by atoms with E-state index in [4.69, 9.17) is 0 Å². The van der Waals surface area contributed by atoms with Crippen LogP contribution in [-0.4, -0.2) is 28.0 Å². The molecule has 0 fully saturated rings. The fraction of sp³-hybridized carbons (Fsp3) is 0.208. The summed E-state index contributed by atoms with van der Waals surface area (Å²) in [6, 6.07) is 4.47. The van der Waals surface area contributed by atoms with E-state index in [0.29, 0.717) is 36.2 Å². The molecule has 35 heavy (non-hydrogen) atoms. The number of nitrogens with zero attached hydrogens (tertiary/aromatic N) is 2. The number of aryl methyl sites for hydroxylation is 1. The van der Waals surface area contributed by atoms with Crippen molar-refractivity contribution in [3.05, 3.63) is 92.4 Å². The average Bonchev–Trinajstić information content (AvgIpc) is 2.96. The number of hydrogen-bond acceptors (Lipinski definition) is 4. The number of carbonyl (C=O) groups excluding carboxylic acids is 2. The Morgan fingerprint density at radius 1 is 1.06 bits per heavy atom. The monoisotopic (exact) mass is 487 g/mol. The van der Waals surface area contributed by atoms with Gasteiger partial charge in [0.15, 0.2) is 11.4 Å². The third-order valence-electron chi connectivity index (χ3n) is 6.30. The maximum Gasteiger partial charge on any atom is 0.279 e. The van der Waals surface area contributed by atoms with Gasteiger partial charge < -0.3 is 19.9 Å². The lowest BCUT2D eigenvalue weighted by atomic mass is 10.0. The van der Waals surface area contributed by atoms with Gasteiger partial charge in [0, 0.05) is 42.7 Å². The minimum Gasteiger partial charge on any atom is -0.503 e. The van der Waals surface area contributed by atoms with Gasteiger partial charge >= 0.3 is 0 Å². The number of rotatable bonds is 3. The molecule has 0 unspecified atom stereocenters. The lowest BCUT2D eigenvalue weighted by Gasteiger charge is -2.35. The van der Waals surface area contributed by atoms with Gasteiger partial charge in [0.25, 0.3) is 11.8 Å². The number of nitrogens with one attached hydrogen (secondary N) is 1. The Morgan fingerprint density at radius 2 is 1.77 bits per heavy atom. The lowest BCUT2D eigenvalue weighted by Crippen LogP contribution is -2.44. The molecule has 11 heteroatoms. The van der Waals surface area contributed by atoms with Gasteiger partial charge in [0.05, 0.1) is 6.04 Å². The van der Waals surface area contributed by atoms with Gasteiger partial charge in [-0.15, -0.1) is 0 Å². The normalized spacial score (nSPS) is 16.4. The van der Waals surface area contributed by atoms with Gasteiger partial charge in [-0.25, -0.2) is 17.6 Å². The Balaban J connectivity index is 1.50. The molecule has 2 aliphatic heterocycles. The molecule has 0 spiro atoms. The molecule has 2 aromatic carbocycles. The number of benzene rings is 2. The molecule has 2 N–H and O–H groups in total. The second-order valence-corrected chi connectivity index (χ2v) is 8.39. The van der Waals surface area contributed by atoms with Crippen LogP contribution in [0.3, 0.4) is 0 Å². The molecule has 3 heterocycles. The quantitative estimate of drug-likeness (QED) is 0.556. The molecule has 3 aromatic rings. The van der Waals surface area contributed by atoms with E-state index in [1.807, 2.05) is 0 Å². The molecule has 5 rings (SSSR count). The van der Waals surface area contributed by atoms with Crippen LogP contribution in [0.15, 0.2) is 41.3 Å². The molecule has 0 saturated heterocycles. The predicted octanol–water partition coefficient (Wildman–Crippen LogP) is 3.19. The van der Waals surface area contributed by atoms with Crippen molar-refractivity contribution in [2.75, 3.05) is 11.4 Å². The molecule has 0 radical (unpaired) electrons. The number of hydrogen-bond donors (Lipinski definition) is 2. The van der Waals surface area contributed by atoms with Crippen molar-refractivity contribution < 1.29 is 32.3 Å². The molecule has 0 saturated carbocycles. The summed E-state index contributed by atoms with van der Waals surface area (Å²) in [5, 5.41) is 12.8. The Hall–Kier alpha value is -4.15. The van der Waals surface area contributed by atoms with Gasteiger partial charge in [0.1, 0.15) is 28.8 Å². The number of fused-ring (bicyclic) bond motifs is 6. The Labute approximate surface area is 195 Å². The highest BCUT2D eigenvalue weighted by Gasteiger charge is 2.38. The topological polar surface area (TPSA) is 91.6 Å². The number of amides is 2. The fourth-order valence-electron chi connectivity index (χ4n) is 4.57. The zero-order chi connectivity index (χ0) is 25.0. The standard InChI is InChI=1S/C24H17F4N3O4/c25-12-2-4-19-11(5-12)1-3-14-9-31(19)24(35)20-22(33)21(32)16(10-30(14)20)23(34)29-8-15-17(27)6-13(26)7-18(15)28/h2,4-7,10,14,33H,1,3,8-9H2,(H,29,34)/t14-/m1/s1. The number of halogens is 4. The maximum atomic E-state index is 13.9. The number of carbonyl (C=O) groups is 2. The van der Waals surface area contributed by atoms with Gasteiger partial charge in [-0.3, -0.25) is 14.4 Å². The Kier molecular flexibility index (Phi) is 5.34. The SMILES string of the molecule is O=C(NCc1c(F)cc(F)cc1F)c1cn2c(c(O)c1=O)C(=O)N1C[C@H]2CCc2cc(F)ccc21. The van der Waals surface area contributed by atoms with Crippen LogP contribution in [0.1, 0.15) is 44.4 Å².